The molecule has 0 unspecified atom stereocenters. The third-order valence-electron chi connectivity index (χ3n) is 4.17. The topological polar surface area (TPSA) is 91.6 Å². The van der Waals surface area contributed by atoms with Gasteiger partial charge >= 0.3 is 5.97 Å². The van der Waals surface area contributed by atoms with Crippen LogP contribution in [0.15, 0.2) is 73.1 Å². The van der Waals surface area contributed by atoms with Crippen LogP contribution in [0.4, 0.5) is 5.69 Å². The molecule has 7 nitrogen and oxygen atoms in total. The molecule has 0 N–H and O–H groups in total. The van der Waals surface area contributed by atoms with Crippen molar-refractivity contribution in [3.63, 3.8) is 0 Å². The number of ether oxygens (including phenoxy) is 2. The number of carbonyl (C=O) groups excluding carboxylic acids is 1. The zero-order valence-corrected chi connectivity index (χ0v) is 16.8. The lowest BCUT2D eigenvalue weighted by molar-refractivity contribution is -0.384. The predicted octanol–water partition coefficient (Wildman–Crippen LogP) is 5.18. The number of pyridine rings is 1. The fraction of sp³-hybridized carbons (Fsp3) is 0.0833. The summed E-state index contributed by atoms with van der Waals surface area (Å²) in [5, 5.41) is 10.7. The first-order valence-electron chi connectivity index (χ1n) is 9.54. The summed E-state index contributed by atoms with van der Waals surface area (Å²) >= 11 is 0. The van der Waals surface area contributed by atoms with E-state index in [1.54, 1.807) is 36.7 Å². The Kier molecular flexibility index (Phi) is 7.26. The molecule has 2 aromatic carbocycles. The Labute approximate surface area is 179 Å². The van der Waals surface area contributed by atoms with Crippen LogP contribution in [-0.2, 0) is 4.79 Å². The number of hydrogen-bond donors (Lipinski definition) is 0. The quantitative estimate of drug-likeness (QED) is 0.165. The van der Waals surface area contributed by atoms with Crippen LogP contribution in [0.5, 0.6) is 11.5 Å². The van der Waals surface area contributed by atoms with Crippen molar-refractivity contribution in [1.29, 1.82) is 0 Å². The van der Waals surface area contributed by atoms with Crippen LogP contribution in [0.3, 0.4) is 0 Å². The molecule has 0 amide bonds. The molecule has 7 heteroatoms. The zero-order valence-electron chi connectivity index (χ0n) is 16.8. The van der Waals surface area contributed by atoms with Crippen molar-refractivity contribution in [2.45, 2.75) is 6.92 Å². The highest BCUT2D eigenvalue weighted by Crippen LogP contribution is 2.29. The number of non-ortho nitro benzene ring substituents is 1. The van der Waals surface area contributed by atoms with Gasteiger partial charge in [0.05, 0.1) is 11.5 Å². The van der Waals surface area contributed by atoms with Gasteiger partial charge in [0.1, 0.15) is 0 Å². The minimum Gasteiger partial charge on any atom is -0.490 e. The van der Waals surface area contributed by atoms with E-state index in [2.05, 4.69) is 4.98 Å². The number of nitrogens with zero attached hydrogens (tertiary/aromatic N) is 2. The summed E-state index contributed by atoms with van der Waals surface area (Å²) < 4.78 is 11.0. The van der Waals surface area contributed by atoms with E-state index in [0.717, 1.165) is 11.1 Å². The van der Waals surface area contributed by atoms with Gasteiger partial charge in [0.15, 0.2) is 11.5 Å². The average molecular weight is 416 g/mol. The van der Waals surface area contributed by atoms with Crippen LogP contribution >= 0.6 is 0 Å². The van der Waals surface area contributed by atoms with Crippen molar-refractivity contribution in [3.8, 4) is 11.5 Å². The Morgan fingerprint density at radius 2 is 1.58 bits per heavy atom. The number of benzene rings is 2. The van der Waals surface area contributed by atoms with E-state index in [-0.39, 0.29) is 5.69 Å². The Morgan fingerprint density at radius 3 is 2.26 bits per heavy atom. The fourth-order valence-electron chi connectivity index (χ4n) is 2.66. The third-order valence-corrected chi connectivity index (χ3v) is 4.17. The minimum absolute atomic E-state index is 0.0147. The van der Waals surface area contributed by atoms with E-state index in [1.165, 1.54) is 24.3 Å². The third kappa shape index (κ3) is 6.37. The largest absolute Gasteiger partial charge is 0.490 e. The van der Waals surface area contributed by atoms with Crippen molar-refractivity contribution in [3.05, 3.63) is 99.9 Å². The van der Waals surface area contributed by atoms with Gasteiger partial charge in [0.2, 0.25) is 0 Å². The summed E-state index contributed by atoms with van der Waals surface area (Å²) in [6.45, 7) is 2.26. The molecule has 3 rings (SSSR count). The summed E-state index contributed by atoms with van der Waals surface area (Å²) in [6, 6.07) is 14.9. The zero-order chi connectivity index (χ0) is 22.1. The second-order valence-electron chi connectivity index (χ2n) is 6.36. The van der Waals surface area contributed by atoms with Crippen molar-refractivity contribution >= 4 is 29.9 Å². The molecular weight excluding hydrogens is 396 g/mol. The van der Waals surface area contributed by atoms with E-state index in [9.17, 15) is 14.9 Å². The monoisotopic (exact) mass is 416 g/mol. The number of aromatic nitrogens is 1. The molecule has 0 spiro atoms. The lowest BCUT2D eigenvalue weighted by Crippen LogP contribution is -2.06. The lowest BCUT2D eigenvalue weighted by Gasteiger charge is -2.10. The molecule has 0 radical (unpaired) electrons. The normalized spacial score (nSPS) is 11.0. The van der Waals surface area contributed by atoms with Crippen LogP contribution in [0.25, 0.3) is 18.2 Å². The molecule has 0 atom stereocenters. The second-order valence-corrected chi connectivity index (χ2v) is 6.36. The van der Waals surface area contributed by atoms with Gasteiger partial charge in [-0.15, -0.1) is 0 Å². The van der Waals surface area contributed by atoms with Gasteiger partial charge < -0.3 is 9.47 Å². The van der Waals surface area contributed by atoms with Gasteiger partial charge in [-0.2, -0.15) is 0 Å². The standard InChI is InChI=1S/C24H20N2O5/c1-2-30-23-17-20(4-3-19-13-15-25-16-14-19)7-11-22(23)31-24(27)12-8-18-5-9-21(10-6-18)26(28)29/h3-17H,2H2,1H3/b4-3+,12-8+. The van der Waals surface area contributed by atoms with Crippen molar-refractivity contribution < 1.29 is 19.2 Å². The van der Waals surface area contributed by atoms with E-state index in [0.29, 0.717) is 23.7 Å². The highest BCUT2D eigenvalue weighted by Gasteiger charge is 2.09. The predicted molar refractivity (Wildman–Crippen MR) is 119 cm³/mol. The fourth-order valence-corrected chi connectivity index (χ4v) is 2.66. The van der Waals surface area contributed by atoms with Gasteiger partial charge in [-0.3, -0.25) is 15.1 Å². The lowest BCUT2D eigenvalue weighted by atomic mass is 10.1. The molecule has 0 saturated heterocycles. The number of nitro groups is 1. The highest BCUT2D eigenvalue weighted by atomic mass is 16.6. The molecule has 0 aliphatic carbocycles. The smallest absolute Gasteiger partial charge is 0.336 e. The molecule has 0 aliphatic rings. The van der Waals surface area contributed by atoms with E-state index in [4.69, 9.17) is 9.47 Å². The Morgan fingerprint density at radius 1 is 0.935 bits per heavy atom. The maximum Gasteiger partial charge on any atom is 0.336 e. The van der Waals surface area contributed by atoms with E-state index >= 15 is 0 Å². The van der Waals surface area contributed by atoms with Crippen LogP contribution in [-0.4, -0.2) is 22.5 Å². The van der Waals surface area contributed by atoms with Gasteiger partial charge in [0, 0.05) is 30.6 Å². The molecule has 0 bridgehead atoms. The first-order chi connectivity index (χ1) is 15.0. The molecule has 0 saturated carbocycles. The summed E-state index contributed by atoms with van der Waals surface area (Å²) in [5.41, 5.74) is 2.53. The first kappa shape index (κ1) is 21.4. The van der Waals surface area contributed by atoms with Gasteiger partial charge in [-0.25, -0.2) is 4.79 Å². The second kappa shape index (κ2) is 10.5. The van der Waals surface area contributed by atoms with Crippen LogP contribution in [0.2, 0.25) is 0 Å². The highest BCUT2D eigenvalue weighted by molar-refractivity contribution is 5.89. The molecule has 0 fully saturated rings. The molecule has 0 aliphatic heterocycles. The number of rotatable bonds is 8. The Bertz CT molecular complexity index is 1110. The van der Waals surface area contributed by atoms with Crippen LogP contribution < -0.4 is 9.47 Å². The Balaban J connectivity index is 1.70. The van der Waals surface area contributed by atoms with Crippen molar-refractivity contribution in [1.82, 2.24) is 4.98 Å². The number of esters is 1. The van der Waals surface area contributed by atoms with Gasteiger partial charge in [-0.05, 0) is 66.1 Å². The molecular formula is C24H20N2O5. The van der Waals surface area contributed by atoms with E-state index < -0.39 is 10.9 Å². The maximum atomic E-state index is 12.2. The van der Waals surface area contributed by atoms with Gasteiger partial charge in [-0.1, -0.05) is 18.2 Å². The number of hydrogen-bond acceptors (Lipinski definition) is 6. The summed E-state index contributed by atoms with van der Waals surface area (Å²) in [7, 11) is 0. The Hall–Kier alpha value is -4.26. The summed E-state index contributed by atoms with van der Waals surface area (Å²) in [4.78, 5) is 26.4. The first-order valence-corrected chi connectivity index (χ1v) is 9.54. The maximum absolute atomic E-state index is 12.2. The average Bonchev–Trinajstić information content (AvgIpc) is 2.79. The van der Waals surface area contributed by atoms with Gasteiger partial charge in [0.25, 0.3) is 5.69 Å². The van der Waals surface area contributed by atoms with Crippen molar-refractivity contribution in [2.24, 2.45) is 0 Å². The number of nitro benzene ring substituents is 1. The molecule has 1 aromatic heterocycles. The SMILES string of the molecule is CCOc1cc(/C=C/c2ccncc2)ccc1OC(=O)/C=C/c1ccc([N+](=O)[O-])cc1. The van der Waals surface area contributed by atoms with Crippen LogP contribution in [0.1, 0.15) is 23.6 Å². The molecule has 1 heterocycles. The van der Waals surface area contributed by atoms with E-state index in [1.807, 2.05) is 37.3 Å². The summed E-state index contributed by atoms with van der Waals surface area (Å²) in [6.07, 6.45) is 10.1. The van der Waals surface area contributed by atoms with Crippen molar-refractivity contribution in [2.75, 3.05) is 6.61 Å². The minimum atomic E-state index is -0.584. The molecule has 3 aromatic rings. The van der Waals surface area contributed by atoms with Crippen LogP contribution in [0, 0.1) is 10.1 Å². The summed E-state index contributed by atoms with van der Waals surface area (Å²) in [5.74, 6) is 0.178. The molecule has 156 valence electrons. The molecule has 31 heavy (non-hydrogen) atoms. The number of carbonyl (C=O) groups is 1.